The summed E-state index contributed by atoms with van der Waals surface area (Å²) in [4.78, 5) is 21.2. The van der Waals surface area contributed by atoms with Crippen LogP contribution in [0, 0.1) is 0 Å². The molecule has 1 aliphatic rings. The van der Waals surface area contributed by atoms with Gasteiger partial charge in [-0.3, -0.25) is 4.79 Å². The van der Waals surface area contributed by atoms with Crippen LogP contribution < -0.4 is 10.6 Å². The number of amides is 1. The quantitative estimate of drug-likeness (QED) is 0.691. The summed E-state index contributed by atoms with van der Waals surface area (Å²) in [5.41, 5.74) is 2.38. The first-order valence-electron chi connectivity index (χ1n) is 9.42. The van der Waals surface area contributed by atoms with Gasteiger partial charge in [-0.25, -0.2) is 9.48 Å². The molecule has 2 aromatic rings. The Hall–Kier alpha value is -2.95. The summed E-state index contributed by atoms with van der Waals surface area (Å²) in [6.07, 6.45) is -1.31. The summed E-state index contributed by atoms with van der Waals surface area (Å²) in [6.45, 7) is 6.25. The average molecular weight is 427 g/mol. The molecule has 8 nitrogen and oxygen atoms in total. The molecule has 3 N–H and O–H groups in total. The number of alkyl halides is 3. The number of carbonyl (C=O) groups is 2. The number of aromatic nitrogens is 3. The van der Waals surface area contributed by atoms with Crippen molar-refractivity contribution in [3.05, 3.63) is 41.7 Å². The maximum atomic E-state index is 12.3. The van der Waals surface area contributed by atoms with Gasteiger partial charge in [0.2, 0.25) is 0 Å². The van der Waals surface area contributed by atoms with Crippen molar-refractivity contribution < 1.29 is 27.9 Å². The number of carboxylic acid groups (broad SMARTS) is 1. The second-order valence-corrected chi connectivity index (χ2v) is 7.10. The molecular formula is C19H24F3N5O3. The highest BCUT2D eigenvalue weighted by atomic mass is 19.4. The maximum Gasteiger partial charge on any atom is 0.490 e. The third-order valence-electron chi connectivity index (χ3n) is 4.50. The normalized spacial score (nSPS) is 14.7. The SMILES string of the molecule is CC(C)c1ccc(NC(=O)c2cn(C3CCNCC3)nn2)cc1.O=C(O)C(F)(F)F. The van der Waals surface area contributed by atoms with Crippen LogP contribution in [0.25, 0.3) is 0 Å². The van der Waals surface area contributed by atoms with E-state index in [1.807, 2.05) is 28.9 Å². The van der Waals surface area contributed by atoms with Gasteiger partial charge in [-0.1, -0.05) is 31.2 Å². The van der Waals surface area contributed by atoms with E-state index in [0.29, 0.717) is 17.7 Å². The van der Waals surface area contributed by atoms with E-state index in [1.165, 1.54) is 5.56 Å². The second-order valence-electron chi connectivity index (χ2n) is 7.10. The maximum absolute atomic E-state index is 12.3. The highest BCUT2D eigenvalue weighted by Crippen LogP contribution is 2.19. The Morgan fingerprint density at radius 1 is 1.20 bits per heavy atom. The minimum absolute atomic E-state index is 0.220. The van der Waals surface area contributed by atoms with Gasteiger partial charge < -0.3 is 15.7 Å². The number of halogens is 3. The fraction of sp³-hybridized carbons (Fsp3) is 0.474. The number of nitrogens with zero attached hydrogens (tertiary/aromatic N) is 3. The third kappa shape index (κ3) is 6.83. The van der Waals surface area contributed by atoms with Crippen LogP contribution in [0.4, 0.5) is 18.9 Å². The van der Waals surface area contributed by atoms with Crippen molar-refractivity contribution in [2.24, 2.45) is 0 Å². The van der Waals surface area contributed by atoms with E-state index in [1.54, 1.807) is 6.20 Å². The van der Waals surface area contributed by atoms with E-state index in [9.17, 15) is 18.0 Å². The topological polar surface area (TPSA) is 109 Å². The monoisotopic (exact) mass is 427 g/mol. The van der Waals surface area contributed by atoms with E-state index < -0.39 is 12.1 Å². The number of anilines is 1. The summed E-state index contributed by atoms with van der Waals surface area (Å²) in [5, 5.41) is 21.4. The van der Waals surface area contributed by atoms with Crippen LogP contribution in [0.3, 0.4) is 0 Å². The van der Waals surface area contributed by atoms with Gasteiger partial charge in [-0.15, -0.1) is 5.10 Å². The smallest absolute Gasteiger partial charge is 0.475 e. The number of carbonyl (C=O) groups excluding carboxylic acids is 1. The molecular weight excluding hydrogens is 403 g/mol. The molecule has 11 heteroatoms. The molecule has 0 unspecified atom stereocenters. The zero-order valence-corrected chi connectivity index (χ0v) is 16.6. The van der Waals surface area contributed by atoms with Crippen LogP contribution in [0.5, 0.6) is 0 Å². The van der Waals surface area contributed by atoms with E-state index in [-0.39, 0.29) is 5.91 Å². The Morgan fingerprint density at radius 2 is 1.77 bits per heavy atom. The number of hydrogen-bond donors (Lipinski definition) is 3. The molecule has 1 aromatic carbocycles. The van der Waals surface area contributed by atoms with Crippen molar-refractivity contribution in [3.63, 3.8) is 0 Å². The van der Waals surface area contributed by atoms with Crippen molar-refractivity contribution in [3.8, 4) is 0 Å². The number of piperidine rings is 1. The number of nitrogens with one attached hydrogen (secondary N) is 2. The van der Waals surface area contributed by atoms with Crippen LogP contribution in [-0.4, -0.2) is 51.2 Å². The Kier molecular flexibility index (Phi) is 7.93. The molecule has 1 fully saturated rings. The molecule has 0 radical (unpaired) electrons. The zero-order chi connectivity index (χ0) is 22.3. The highest BCUT2D eigenvalue weighted by molar-refractivity contribution is 6.02. The number of rotatable bonds is 4. The fourth-order valence-electron chi connectivity index (χ4n) is 2.78. The van der Waals surface area contributed by atoms with Gasteiger partial charge in [-0.2, -0.15) is 13.2 Å². The van der Waals surface area contributed by atoms with Gasteiger partial charge >= 0.3 is 12.1 Å². The molecule has 164 valence electrons. The van der Waals surface area contributed by atoms with Crippen LogP contribution in [0.2, 0.25) is 0 Å². The fourth-order valence-corrected chi connectivity index (χ4v) is 2.78. The van der Waals surface area contributed by atoms with Crippen LogP contribution in [-0.2, 0) is 4.79 Å². The van der Waals surface area contributed by atoms with Crippen LogP contribution in [0.15, 0.2) is 30.5 Å². The Labute approximate surface area is 171 Å². The van der Waals surface area contributed by atoms with E-state index >= 15 is 0 Å². The van der Waals surface area contributed by atoms with Gasteiger partial charge in [0.05, 0.1) is 12.2 Å². The number of carboxylic acids is 1. The molecule has 1 amide bonds. The molecule has 0 bridgehead atoms. The lowest BCUT2D eigenvalue weighted by molar-refractivity contribution is -0.192. The van der Waals surface area contributed by atoms with Crippen molar-refractivity contribution >= 4 is 17.6 Å². The van der Waals surface area contributed by atoms with Gasteiger partial charge in [0.15, 0.2) is 5.69 Å². The standard InChI is InChI=1S/C17H23N5O.C2HF3O2/c1-12(2)13-3-5-14(6-4-13)19-17(23)16-11-22(21-20-16)15-7-9-18-10-8-15;3-2(4,5)1(6)7/h3-6,11-12,15,18H,7-10H2,1-2H3,(H,19,23);(H,6,7). The minimum Gasteiger partial charge on any atom is -0.475 e. The Balaban J connectivity index is 0.000000396. The summed E-state index contributed by atoms with van der Waals surface area (Å²) >= 11 is 0. The van der Waals surface area contributed by atoms with E-state index in [4.69, 9.17) is 9.90 Å². The second kappa shape index (κ2) is 10.2. The lowest BCUT2D eigenvalue weighted by Crippen LogP contribution is -2.29. The van der Waals surface area contributed by atoms with Gasteiger partial charge in [0.25, 0.3) is 5.91 Å². The van der Waals surface area contributed by atoms with E-state index in [0.717, 1.165) is 31.6 Å². The molecule has 2 heterocycles. The first kappa shape index (κ1) is 23.3. The summed E-state index contributed by atoms with van der Waals surface area (Å²) in [7, 11) is 0. The molecule has 1 aliphatic heterocycles. The lowest BCUT2D eigenvalue weighted by atomic mass is 10.0. The summed E-state index contributed by atoms with van der Waals surface area (Å²) in [6, 6.07) is 8.24. The first-order chi connectivity index (χ1) is 14.1. The number of hydrogen-bond acceptors (Lipinski definition) is 5. The van der Waals surface area contributed by atoms with Gasteiger partial charge in [-0.05, 0) is 49.5 Å². The number of benzene rings is 1. The molecule has 0 spiro atoms. The van der Waals surface area contributed by atoms with Gasteiger partial charge in [0, 0.05) is 5.69 Å². The summed E-state index contributed by atoms with van der Waals surface area (Å²) in [5.74, 6) is -2.50. The van der Waals surface area contributed by atoms with Crippen molar-refractivity contribution in [1.82, 2.24) is 20.3 Å². The molecule has 0 aliphatic carbocycles. The lowest BCUT2D eigenvalue weighted by Gasteiger charge is -2.22. The first-order valence-corrected chi connectivity index (χ1v) is 9.42. The van der Waals surface area contributed by atoms with Gasteiger partial charge in [0.1, 0.15) is 0 Å². The molecule has 1 aromatic heterocycles. The Morgan fingerprint density at radius 3 is 2.27 bits per heavy atom. The molecule has 30 heavy (non-hydrogen) atoms. The third-order valence-corrected chi connectivity index (χ3v) is 4.50. The molecule has 3 rings (SSSR count). The average Bonchev–Trinajstić information content (AvgIpc) is 3.19. The van der Waals surface area contributed by atoms with Crippen LogP contribution in [0.1, 0.15) is 54.7 Å². The zero-order valence-electron chi connectivity index (χ0n) is 16.6. The van der Waals surface area contributed by atoms with Crippen molar-refractivity contribution in [2.45, 2.75) is 44.8 Å². The molecule has 0 atom stereocenters. The predicted molar refractivity (Wildman–Crippen MR) is 103 cm³/mol. The summed E-state index contributed by atoms with van der Waals surface area (Å²) < 4.78 is 33.6. The van der Waals surface area contributed by atoms with Crippen molar-refractivity contribution in [2.75, 3.05) is 18.4 Å². The Bertz CT molecular complexity index is 844. The molecule has 0 saturated carbocycles. The highest BCUT2D eigenvalue weighted by Gasteiger charge is 2.38. The number of aliphatic carboxylic acids is 1. The largest absolute Gasteiger partial charge is 0.490 e. The van der Waals surface area contributed by atoms with E-state index in [2.05, 4.69) is 34.8 Å². The van der Waals surface area contributed by atoms with Crippen molar-refractivity contribution in [1.29, 1.82) is 0 Å². The predicted octanol–water partition coefficient (Wildman–Crippen LogP) is 3.21. The minimum atomic E-state index is -5.08. The van der Waals surface area contributed by atoms with Crippen LogP contribution >= 0.6 is 0 Å². The molecule has 1 saturated heterocycles.